The molecule has 0 spiro atoms. The van der Waals surface area contributed by atoms with E-state index in [9.17, 15) is 18.3 Å². The lowest BCUT2D eigenvalue weighted by Crippen LogP contribution is -2.41. The Bertz CT molecular complexity index is 644. The van der Waals surface area contributed by atoms with Crippen LogP contribution in [-0.2, 0) is 10.0 Å². The number of rotatable bonds is 4. The topological polar surface area (TPSA) is 94.9 Å². The van der Waals surface area contributed by atoms with Crippen LogP contribution >= 0.6 is 11.8 Å². The number of carbonyl (C=O) groups is 1. The molecule has 6 nitrogen and oxygen atoms in total. The van der Waals surface area contributed by atoms with Crippen LogP contribution in [0.2, 0.25) is 0 Å². The number of hydrogen-bond acceptors (Lipinski definition) is 5. The lowest BCUT2D eigenvalue weighted by atomic mass is 10.2. The summed E-state index contributed by atoms with van der Waals surface area (Å²) < 4.78 is 26.5. The first-order valence-electron chi connectivity index (χ1n) is 6.54. The maximum absolute atomic E-state index is 12.6. The van der Waals surface area contributed by atoms with E-state index in [2.05, 4.69) is 0 Å². The minimum Gasteiger partial charge on any atom is -0.507 e. The lowest BCUT2D eigenvalue weighted by molar-refractivity contribution is 0.0693. The minimum absolute atomic E-state index is 0.0977. The van der Waals surface area contributed by atoms with E-state index in [1.165, 1.54) is 10.4 Å². The molecule has 1 fully saturated rings. The summed E-state index contributed by atoms with van der Waals surface area (Å²) in [6, 6.07) is 3.35. The molecule has 1 saturated heterocycles. The zero-order valence-electron chi connectivity index (χ0n) is 11.5. The highest BCUT2D eigenvalue weighted by atomic mass is 32.2. The SMILES string of the molecule is CCC1CN(S(=O)(=O)c2ccc(O)c(C(=O)O)c2)CCS1. The third kappa shape index (κ3) is 3.33. The summed E-state index contributed by atoms with van der Waals surface area (Å²) in [5.41, 5.74) is -0.408. The van der Waals surface area contributed by atoms with Crippen LogP contribution in [-0.4, -0.2) is 53.0 Å². The van der Waals surface area contributed by atoms with Crippen LogP contribution in [0.1, 0.15) is 23.7 Å². The molecule has 0 saturated carbocycles. The van der Waals surface area contributed by atoms with E-state index < -0.39 is 27.3 Å². The van der Waals surface area contributed by atoms with Crippen molar-refractivity contribution in [2.75, 3.05) is 18.8 Å². The van der Waals surface area contributed by atoms with E-state index in [-0.39, 0.29) is 10.1 Å². The first-order chi connectivity index (χ1) is 9.86. The fourth-order valence-corrected chi connectivity index (χ4v) is 5.06. The predicted molar refractivity (Wildman–Crippen MR) is 80.4 cm³/mol. The summed E-state index contributed by atoms with van der Waals surface area (Å²) in [4.78, 5) is 10.9. The quantitative estimate of drug-likeness (QED) is 0.870. The highest BCUT2D eigenvalue weighted by Crippen LogP contribution is 2.28. The predicted octanol–water partition coefficient (Wildman–Crippen LogP) is 1.61. The number of carboxylic acids is 1. The fraction of sp³-hybridized carbons (Fsp3) is 0.462. The number of aromatic hydroxyl groups is 1. The maximum atomic E-state index is 12.6. The molecule has 2 N–H and O–H groups in total. The molecule has 0 amide bonds. The fourth-order valence-electron chi connectivity index (χ4n) is 2.15. The van der Waals surface area contributed by atoms with Crippen molar-refractivity contribution >= 4 is 27.8 Å². The number of benzene rings is 1. The summed E-state index contributed by atoms with van der Waals surface area (Å²) in [5, 5.41) is 18.7. The Morgan fingerprint density at radius 1 is 1.48 bits per heavy atom. The zero-order valence-corrected chi connectivity index (χ0v) is 13.2. The van der Waals surface area contributed by atoms with Crippen molar-refractivity contribution in [1.82, 2.24) is 4.31 Å². The maximum Gasteiger partial charge on any atom is 0.339 e. The smallest absolute Gasteiger partial charge is 0.339 e. The van der Waals surface area contributed by atoms with Gasteiger partial charge in [0, 0.05) is 24.1 Å². The Labute approximate surface area is 127 Å². The van der Waals surface area contributed by atoms with Crippen LogP contribution in [0.5, 0.6) is 5.75 Å². The second kappa shape index (κ2) is 6.25. The van der Waals surface area contributed by atoms with Crippen molar-refractivity contribution in [3.05, 3.63) is 23.8 Å². The van der Waals surface area contributed by atoms with Crippen molar-refractivity contribution in [3.63, 3.8) is 0 Å². The third-order valence-corrected chi connectivity index (χ3v) is 6.63. The Kier molecular flexibility index (Phi) is 4.80. The van der Waals surface area contributed by atoms with Gasteiger partial charge in [-0.25, -0.2) is 13.2 Å². The summed E-state index contributed by atoms with van der Waals surface area (Å²) in [7, 11) is -3.73. The van der Waals surface area contributed by atoms with Gasteiger partial charge in [-0.2, -0.15) is 16.1 Å². The van der Waals surface area contributed by atoms with Crippen LogP contribution in [0, 0.1) is 0 Å². The molecule has 0 radical (unpaired) electrons. The first kappa shape index (κ1) is 16.1. The Morgan fingerprint density at radius 3 is 2.81 bits per heavy atom. The van der Waals surface area contributed by atoms with Crippen molar-refractivity contribution in [2.24, 2.45) is 0 Å². The third-order valence-electron chi connectivity index (χ3n) is 3.39. The van der Waals surface area contributed by atoms with E-state index in [0.717, 1.165) is 24.3 Å². The molecule has 21 heavy (non-hydrogen) atoms. The Balaban J connectivity index is 2.35. The van der Waals surface area contributed by atoms with Gasteiger partial charge in [-0.05, 0) is 24.6 Å². The van der Waals surface area contributed by atoms with Crippen LogP contribution < -0.4 is 0 Å². The standard InChI is InChI=1S/C13H17NO5S2/c1-2-9-8-14(5-6-20-9)21(18,19)10-3-4-12(15)11(7-10)13(16)17/h3-4,7,9,15H,2,5-6,8H2,1H3,(H,16,17). The van der Waals surface area contributed by atoms with Crippen molar-refractivity contribution < 1.29 is 23.4 Å². The van der Waals surface area contributed by atoms with Gasteiger partial charge in [0.25, 0.3) is 0 Å². The highest BCUT2D eigenvalue weighted by Gasteiger charge is 2.30. The summed E-state index contributed by atoms with van der Waals surface area (Å²) >= 11 is 1.75. The zero-order chi connectivity index (χ0) is 15.6. The molecule has 2 rings (SSSR count). The van der Waals surface area contributed by atoms with Gasteiger partial charge in [0.2, 0.25) is 10.0 Å². The molecule has 1 aromatic rings. The number of carboxylic acid groups (broad SMARTS) is 1. The van der Waals surface area contributed by atoms with Gasteiger partial charge >= 0.3 is 5.97 Å². The van der Waals surface area contributed by atoms with E-state index in [4.69, 9.17) is 5.11 Å². The number of sulfonamides is 1. The number of phenols is 1. The average Bonchev–Trinajstić information content (AvgIpc) is 2.47. The van der Waals surface area contributed by atoms with Gasteiger partial charge in [0.05, 0.1) is 4.90 Å². The van der Waals surface area contributed by atoms with E-state index >= 15 is 0 Å². The van der Waals surface area contributed by atoms with Crippen LogP contribution in [0.4, 0.5) is 0 Å². The van der Waals surface area contributed by atoms with E-state index in [1.54, 1.807) is 11.8 Å². The van der Waals surface area contributed by atoms with Crippen LogP contribution in [0.3, 0.4) is 0 Å². The van der Waals surface area contributed by atoms with Crippen molar-refractivity contribution in [3.8, 4) is 5.75 Å². The number of aromatic carboxylic acids is 1. The minimum atomic E-state index is -3.73. The summed E-state index contributed by atoms with van der Waals surface area (Å²) in [6.07, 6.45) is 0.882. The molecular weight excluding hydrogens is 314 g/mol. The molecule has 1 unspecified atom stereocenters. The van der Waals surface area contributed by atoms with Gasteiger partial charge in [0.15, 0.2) is 0 Å². The van der Waals surface area contributed by atoms with E-state index in [1.807, 2.05) is 6.92 Å². The van der Waals surface area contributed by atoms with Gasteiger partial charge in [-0.15, -0.1) is 0 Å². The van der Waals surface area contributed by atoms with E-state index in [0.29, 0.717) is 13.1 Å². The van der Waals surface area contributed by atoms with Crippen molar-refractivity contribution in [2.45, 2.75) is 23.5 Å². The second-order valence-corrected chi connectivity index (χ2v) is 8.09. The molecule has 1 heterocycles. The largest absolute Gasteiger partial charge is 0.507 e. The normalized spacial score (nSPS) is 20.3. The molecular formula is C13H17NO5S2. The molecule has 8 heteroatoms. The molecule has 1 aliphatic heterocycles. The Morgan fingerprint density at radius 2 is 2.19 bits per heavy atom. The molecule has 0 aromatic heterocycles. The van der Waals surface area contributed by atoms with Gasteiger partial charge < -0.3 is 10.2 Å². The number of hydrogen-bond donors (Lipinski definition) is 2. The molecule has 0 aliphatic carbocycles. The van der Waals surface area contributed by atoms with Gasteiger partial charge in [-0.3, -0.25) is 0 Å². The molecule has 116 valence electrons. The van der Waals surface area contributed by atoms with Crippen LogP contribution in [0.15, 0.2) is 23.1 Å². The van der Waals surface area contributed by atoms with Crippen LogP contribution in [0.25, 0.3) is 0 Å². The van der Waals surface area contributed by atoms with Gasteiger partial charge in [-0.1, -0.05) is 6.92 Å². The molecule has 1 atom stereocenters. The second-order valence-electron chi connectivity index (χ2n) is 4.75. The molecule has 1 aromatic carbocycles. The number of nitrogens with zero attached hydrogens (tertiary/aromatic N) is 1. The molecule has 0 bridgehead atoms. The summed E-state index contributed by atoms with van der Waals surface area (Å²) in [5.74, 6) is -1.08. The molecule has 1 aliphatic rings. The van der Waals surface area contributed by atoms with Crippen molar-refractivity contribution in [1.29, 1.82) is 0 Å². The van der Waals surface area contributed by atoms with Gasteiger partial charge in [0.1, 0.15) is 11.3 Å². The lowest BCUT2D eigenvalue weighted by Gasteiger charge is -2.31. The monoisotopic (exact) mass is 331 g/mol. The highest BCUT2D eigenvalue weighted by molar-refractivity contribution is 8.00. The Hall–Kier alpha value is -1.25. The average molecular weight is 331 g/mol. The first-order valence-corrected chi connectivity index (χ1v) is 9.03. The number of thioether (sulfide) groups is 1. The summed E-state index contributed by atoms with van der Waals surface area (Å²) in [6.45, 7) is 2.84.